The third kappa shape index (κ3) is 5.40. The molecule has 186 valence electrons. The van der Waals surface area contributed by atoms with Crippen molar-refractivity contribution in [1.82, 2.24) is 19.7 Å². The Labute approximate surface area is 202 Å². The summed E-state index contributed by atoms with van der Waals surface area (Å²) < 4.78 is 1.94. The summed E-state index contributed by atoms with van der Waals surface area (Å²) in [5.41, 5.74) is -0.133. The van der Waals surface area contributed by atoms with Crippen molar-refractivity contribution in [3.8, 4) is 0 Å². The molecule has 1 aromatic heterocycles. The Balaban J connectivity index is 1.28. The molecule has 3 heterocycles. The molecule has 0 bridgehead atoms. The SMILES string of the molecule is O=C(NCC1CCCCC1)c1cn(C2CC2)cc(C(=O)N2CCC(N3CCCCC3)CC2)c1=O. The summed E-state index contributed by atoms with van der Waals surface area (Å²) in [5, 5.41) is 3.00. The summed E-state index contributed by atoms with van der Waals surface area (Å²) in [6.07, 6.45) is 17.2. The van der Waals surface area contributed by atoms with Crippen LogP contribution in [0.15, 0.2) is 17.2 Å². The number of nitrogens with zero attached hydrogens (tertiary/aromatic N) is 3. The summed E-state index contributed by atoms with van der Waals surface area (Å²) in [7, 11) is 0. The normalized spacial score (nSPS) is 23.1. The minimum atomic E-state index is -0.416. The van der Waals surface area contributed by atoms with Gasteiger partial charge in [0.25, 0.3) is 11.8 Å². The summed E-state index contributed by atoms with van der Waals surface area (Å²) in [6.45, 7) is 4.32. The summed E-state index contributed by atoms with van der Waals surface area (Å²) >= 11 is 0. The van der Waals surface area contributed by atoms with E-state index in [1.54, 1.807) is 12.4 Å². The molecule has 2 aliphatic heterocycles. The molecule has 2 saturated carbocycles. The number of hydrogen-bond acceptors (Lipinski definition) is 4. The van der Waals surface area contributed by atoms with E-state index in [-0.39, 0.29) is 22.9 Å². The third-order valence-corrected chi connectivity index (χ3v) is 8.42. The maximum absolute atomic E-state index is 13.4. The number of nitrogens with one attached hydrogen (secondary N) is 1. The number of carbonyl (C=O) groups excluding carboxylic acids is 2. The number of hydrogen-bond donors (Lipinski definition) is 1. The predicted molar refractivity (Wildman–Crippen MR) is 132 cm³/mol. The van der Waals surface area contributed by atoms with Crippen LogP contribution < -0.4 is 10.7 Å². The Bertz CT molecular complexity index is 934. The molecule has 1 aromatic rings. The fourth-order valence-electron chi connectivity index (χ4n) is 6.11. The zero-order valence-electron chi connectivity index (χ0n) is 20.5. The Morgan fingerprint density at radius 3 is 2.09 bits per heavy atom. The van der Waals surface area contributed by atoms with E-state index >= 15 is 0 Å². The van der Waals surface area contributed by atoms with Gasteiger partial charge in [0.2, 0.25) is 5.43 Å². The molecule has 0 atom stereocenters. The molecule has 2 amide bonds. The van der Waals surface area contributed by atoms with Crippen molar-refractivity contribution in [3.63, 3.8) is 0 Å². The van der Waals surface area contributed by atoms with Crippen LogP contribution in [0.4, 0.5) is 0 Å². The van der Waals surface area contributed by atoms with Crippen molar-refractivity contribution < 1.29 is 9.59 Å². The second-order valence-electron chi connectivity index (χ2n) is 10.9. The molecule has 7 nitrogen and oxygen atoms in total. The minimum Gasteiger partial charge on any atom is -0.352 e. The lowest BCUT2D eigenvalue weighted by Crippen LogP contribution is -2.49. The molecular formula is C27H40N4O3. The quantitative estimate of drug-likeness (QED) is 0.693. The standard InChI is InChI=1S/C27H40N4O3/c32-25-23(26(33)28-17-20-7-3-1-4-8-20)18-31(21-9-10-21)19-24(25)27(34)30-15-11-22(12-16-30)29-13-5-2-6-14-29/h18-22H,1-17H2,(H,28,33). The molecule has 0 radical (unpaired) electrons. The largest absolute Gasteiger partial charge is 0.352 e. The van der Waals surface area contributed by atoms with Crippen molar-refractivity contribution in [1.29, 1.82) is 0 Å². The van der Waals surface area contributed by atoms with E-state index < -0.39 is 5.43 Å². The molecule has 4 aliphatic rings. The molecule has 2 saturated heterocycles. The first-order valence-corrected chi connectivity index (χ1v) is 13.7. The second kappa shape index (κ2) is 10.6. The van der Waals surface area contributed by atoms with Gasteiger partial charge in [0.05, 0.1) is 0 Å². The first kappa shape index (κ1) is 23.6. The molecule has 0 spiro atoms. The van der Waals surface area contributed by atoms with Gasteiger partial charge in [-0.3, -0.25) is 14.4 Å². The lowest BCUT2D eigenvalue weighted by molar-refractivity contribution is 0.0588. The number of amides is 2. The van der Waals surface area contributed by atoms with E-state index in [0.29, 0.717) is 37.6 Å². The highest BCUT2D eigenvalue weighted by Gasteiger charge is 2.32. The maximum atomic E-state index is 13.4. The molecule has 1 N–H and O–H groups in total. The van der Waals surface area contributed by atoms with Crippen LogP contribution in [0.2, 0.25) is 0 Å². The van der Waals surface area contributed by atoms with Gasteiger partial charge in [-0.1, -0.05) is 25.7 Å². The highest BCUT2D eigenvalue weighted by atomic mass is 16.2. The van der Waals surface area contributed by atoms with Gasteiger partial charge in [0, 0.05) is 44.1 Å². The molecule has 0 unspecified atom stereocenters. The number of rotatable bonds is 6. The van der Waals surface area contributed by atoms with Gasteiger partial charge < -0.3 is 19.7 Å². The van der Waals surface area contributed by atoms with Crippen LogP contribution in [-0.2, 0) is 0 Å². The maximum Gasteiger partial charge on any atom is 0.259 e. The van der Waals surface area contributed by atoms with Gasteiger partial charge >= 0.3 is 0 Å². The number of carbonyl (C=O) groups is 2. The molecule has 2 aliphatic carbocycles. The minimum absolute atomic E-state index is 0.122. The lowest BCUT2D eigenvalue weighted by atomic mass is 9.89. The van der Waals surface area contributed by atoms with E-state index in [2.05, 4.69) is 10.2 Å². The molecule has 5 rings (SSSR count). The van der Waals surface area contributed by atoms with Crippen molar-refractivity contribution in [2.45, 2.75) is 89.1 Å². The van der Waals surface area contributed by atoms with Crippen LogP contribution in [0.25, 0.3) is 0 Å². The Morgan fingerprint density at radius 1 is 0.765 bits per heavy atom. The second-order valence-corrected chi connectivity index (χ2v) is 10.9. The zero-order chi connectivity index (χ0) is 23.5. The van der Waals surface area contributed by atoms with Crippen LogP contribution in [-0.4, -0.2) is 64.9 Å². The molecular weight excluding hydrogens is 428 g/mol. The van der Waals surface area contributed by atoms with Crippen LogP contribution in [0.3, 0.4) is 0 Å². The van der Waals surface area contributed by atoms with Crippen molar-refractivity contribution in [2.24, 2.45) is 5.92 Å². The topological polar surface area (TPSA) is 74.7 Å². The zero-order valence-corrected chi connectivity index (χ0v) is 20.5. The van der Waals surface area contributed by atoms with E-state index in [4.69, 9.17) is 0 Å². The average molecular weight is 469 g/mol. The molecule has 4 fully saturated rings. The number of likely N-dealkylation sites (tertiary alicyclic amines) is 2. The van der Waals surface area contributed by atoms with Gasteiger partial charge in [-0.15, -0.1) is 0 Å². The van der Waals surface area contributed by atoms with E-state index in [1.807, 2.05) is 9.47 Å². The van der Waals surface area contributed by atoms with Crippen LogP contribution in [0, 0.1) is 5.92 Å². The van der Waals surface area contributed by atoms with Gasteiger partial charge in [-0.05, 0) is 70.4 Å². The fraction of sp³-hybridized carbons (Fsp3) is 0.741. The Morgan fingerprint density at radius 2 is 1.41 bits per heavy atom. The smallest absolute Gasteiger partial charge is 0.259 e. The van der Waals surface area contributed by atoms with Crippen LogP contribution >= 0.6 is 0 Å². The number of piperidine rings is 2. The Kier molecular flexibility index (Phi) is 7.37. The van der Waals surface area contributed by atoms with Gasteiger partial charge in [0.15, 0.2) is 0 Å². The third-order valence-electron chi connectivity index (χ3n) is 8.42. The van der Waals surface area contributed by atoms with Crippen molar-refractivity contribution in [2.75, 3.05) is 32.7 Å². The van der Waals surface area contributed by atoms with E-state index in [9.17, 15) is 14.4 Å². The fourth-order valence-corrected chi connectivity index (χ4v) is 6.11. The lowest BCUT2D eigenvalue weighted by Gasteiger charge is -2.40. The van der Waals surface area contributed by atoms with Gasteiger partial charge in [-0.2, -0.15) is 0 Å². The van der Waals surface area contributed by atoms with Gasteiger partial charge in [0.1, 0.15) is 11.1 Å². The monoisotopic (exact) mass is 468 g/mol. The predicted octanol–water partition coefficient (Wildman–Crippen LogP) is 3.58. The molecule has 7 heteroatoms. The Hall–Kier alpha value is -2.15. The highest BCUT2D eigenvalue weighted by molar-refractivity contribution is 5.99. The van der Waals surface area contributed by atoms with E-state index in [1.165, 1.54) is 51.6 Å². The summed E-state index contributed by atoms with van der Waals surface area (Å²) in [5.74, 6) is -0.0452. The number of pyridine rings is 1. The van der Waals surface area contributed by atoms with Crippen LogP contribution in [0.5, 0.6) is 0 Å². The summed E-state index contributed by atoms with van der Waals surface area (Å²) in [4.78, 5) is 44.2. The van der Waals surface area contributed by atoms with Crippen molar-refractivity contribution in [3.05, 3.63) is 33.7 Å². The molecule has 34 heavy (non-hydrogen) atoms. The average Bonchev–Trinajstić information content (AvgIpc) is 3.74. The molecule has 0 aromatic carbocycles. The summed E-state index contributed by atoms with van der Waals surface area (Å²) in [6, 6.07) is 0.839. The van der Waals surface area contributed by atoms with Crippen LogP contribution in [0.1, 0.15) is 104 Å². The number of aromatic nitrogens is 1. The van der Waals surface area contributed by atoms with Gasteiger partial charge in [-0.25, -0.2) is 0 Å². The van der Waals surface area contributed by atoms with Crippen molar-refractivity contribution >= 4 is 11.8 Å². The first-order chi connectivity index (χ1) is 16.6. The first-order valence-electron chi connectivity index (χ1n) is 13.7. The highest BCUT2D eigenvalue weighted by Crippen LogP contribution is 2.34. The van der Waals surface area contributed by atoms with E-state index in [0.717, 1.165) is 38.5 Å².